The molecule has 7 nitrogen and oxygen atoms in total. The van der Waals surface area contributed by atoms with E-state index in [1.165, 1.54) is 25.1 Å². The van der Waals surface area contributed by atoms with E-state index < -0.39 is 28.6 Å². The molecule has 0 saturated heterocycles. The van der Waals surface area contributed by atoms with Crippen molar-refractivity contribution in [2.75, 3.05) is 11.9 Å². The van der Waals surface area contributed by atoms with E-state index in [9.17, 15) is 18.0 Å². The summed E-state index contributed by atoms with van der Waals surface area (Å²) in [6, 6.07) is 3.59. The summed E-state index contributed by atoms with van der Waals surface area (Å²) in [7, 11) is -3.95. The van der Waals surface area contributed by atoms with Crippen molar-refractivity contribution in [2.24, 2.45) is 0 Å². The molecular weight excluding hydrogens is 376 g/mol. The van der Waals surface area contributed by atoms with E-state index in [0.717, 1.165) is 4.31 Å². The lowest BCUT2D eigenvalue weighted by Gasteiger charge is -2.24. The molecule has 2 N–H and O–H groups in total. The highest BCUT2D eigenvalue weighted by Crippen LogP contribution is 2.28. The minimum Gasteiger partial charge on any atom is -0.480 e. The zero-order chi connectivity index (χ0) is 17.1. The van der Waals surface area contributed by atoms with Crippen molar-refractivity contribution < 1.29 is 23.1 Å². The molecule has 0 heterocycles. The standard InChI is InChI=1S/C13H17BrN2O5S/c1-8(2)16(7-13(18)19)22(20,21)10-4-5-12(11(14)6-10)15-9(3)17/h4-6,8H,7H2,1-3H3,(H,15,17)(H,18,19). The molecule has 22 heavy (non-hydrogen) atoms. The molecule has 0 unspecified atom stereocenters. The summed E-state index contributed by atoms with van der Waals surface area (Å²) in [4.78, 5) is 21.9. The monoisotopic (exact) mass is 392 g/mol. The molecule has 1 amide bonds. The van der Waals surface area contributed by atoms with Crippen LogP contribution in [-0.4, -0.2) is 42.3 Å². The Morgan fingerprint density at radius 2 is 1.95 bits per heavy atom. The lowest BCUT2D eigenvalue weighted by molar-refractivity contribution is -0.137. The summed E-state index contributed by atoms with van der Waals surface area (Å²) >= 11 is 3.19. The molecule has 1 rings (SSSR count). The molecule has 0 bridgehead atoms. The van der Waals surface area contributed by atoms with Crippen LogP contribution in [0.3, 0.4) is 0 Å². The van der Waals surface area contributed by atoms with E-state index in [0.29, 0.717) is 10.2 Å². The first kappa shape index (κ1) is 18.6. The predicted octanol–water partition coefficient (Wildman–Crippen LogP) is 1.89. The molecule has 1 aromatic rings. The molecule has 0 aliphatic rings. The van der Waals surface area contributed by atoms with Gasteiger partial charge in [-0.3, -0.25) is 9.59 Å². The topological polar surface area (TPSA) is 104 Å². The average Bonchev–Trinajstić information content (AvgIpc) is 2.37. The lowest BCUT2D eigenvalue weighted by Crippen LogP contribution is -2.40. The number of hydrogen-bond donors (Lipinski definition) is 2. The van der Waals surface area contributed by atoms with Gasteiger partial charge in [0, 0.05) is 17.4 Å². The number of carboxylic acid groups (broad SMARTS) is 1. The first-order valence-corrected chi connectivity index (χ1v) is 8.59. The van der Waals surface area contributed by atoms with Crippen molar-refractivity contribution in [1.29, 1.82) is 0 Å². The number of carboxylic acids is 1. The maximum Gasteiger partial charge on any atom is 0.318 e. The van der Waals surface area contributed by atoms with Gasteiger partial charge in [0.15, 0.2) is 0 Å². The zero-order valence-electron chi connectivity index (χ0n) is 12.3. The third-order valence-electron chi connectivity index (χ3n) is 2.72. The van der Waals surface area contributed by atoms with E-state index in [1.807, 2.05) is 0 Å². The number of hydrogen-bond acceptors (Lipinski definition) is 4. The van der Waals surface area contributed by atoms with Crippen LogP contribution < -0.4 is 5.32 Å². The molecule has 0 fully saturated rings. The number of rotatable bonds is 6. The van der Waals surface area contributed by atoms with Gasteiger partial charge in [-0.25, -0.2) is 8.42 Å². The number of aliphatic carboxylic acids is 1. The van der Waals surface area contributed by atoms with E-state index >= 15 is 0 Å². The number of sulfonamides is 1. The minimum absolute atomic E-state index is 0.0524. The molecule has 0 aromatic heterocycles. The SMILES string of the molecule is CC(=O)Nc1ccc(S(=O)(=O)N(CC(=O)O)C(C)C)cc1Br. The fraction of sp³-hybridized carbons (Fsp3) is 0.385. The summed E-state index contributed by atoms with van der Waals surface area (Å²) in [6.07, 6.45) is 0. The number of halogens is 1. The molecule has 0 spiro atoms. The van der Waals surface area contributed by atoms with Gasteiger partial charge in [-0.05, 0) is 48.0 Å². The number of carbonyl (C=O) groups excluding carboxylic acids is 1. The van der Waals surface area contributed by atoms with Gasteiger partial charge in [0.2, 0.25) is 15.9 Å². The van der Waals surface area contributed by atoms with Gasteiger partial charge in [-0.2, -0.15) is 4.31 Å². The molecule has 1 aromatic carbocycles. The highest BCUT2D eigenvalue weighted by atomic mass is 79.9. The largest absolute Gasteiger partial charge is 0.480 e. The lowest BCUT2D eigenvalue weighted by atomic mass is 10.3. The molecule has 9 heteroatoms. The maximum atomic E-state index is 12.5. The molecule has 0 saturated carbocycles. The van der Waals surface area contributed by atoms with Crippen molar-refractivity contribution >= 4 is 43.5 Å². The fourth-order valence-corrected chi connectivity index (χ4v) is 4.00. The molecule has 0 aliphatic heterocycles. The van der Waals surface area contributed by atoms with Crippen molar-refractivity contribution in [3.63, 3.8) is 0 Å². The Balaban J connectivity index is 3.24. The third kappa shape index (κ3) is 4.52. The van der Waals surface area contributed by atoms with E-state index in [1.54, 1.807) is 13.8 Å². The van der Waals surface area contributed by atoms with Crippen LogP contribution in [0.5, 0.6) is 0 Å². The Bertz CT molecular complexity index is 688. The molecule has 0 aliphatic carbocycles. The smallest absolute Gasteiger partial charge is 0.318 e. The Morgan fingerprint density at radius 1 is 1.36 bits per heavy atom. The zero-order valence-corrected chi connectivity index (χ0v) is 14.7. The molecule has 122 valence electrons. The van der Waals surface area contributed by atoms with E-state index in [-0.39, 0.29) is 10.8 Å². The van der Waals surface area contributed by atoms with Crippen LogP contribution in [0.2, 0.25) is 0 Å². The van der Waals surface area contributed by atoms with Gasteiger partial charge in [0.1, 0.15) is 6.54 Å². The quantitative estimate of drug-likeness (QED) is 0.768. The Hall–Kier alpha value is -1.45. The molecular formula is C13H17BrN2O5S. The van der Waals surface area contributed by atoms with Crippen molar-refractivity contribution in [3.05, 3.63) is 22.7 Å². The van der Waals surface area contributed by atoms with Gasteiger partial charge >= 0.3 is 5.97 Å². The third-order valence-corrected chi connectivity index (χ3v) is 5.40. The van der Waals surface area contributed by atoms with Crippen LogP contribution >= 0.6 is 15.9 Å². The van der Waals surface area contributed by atoms with Crippen LogP contribution in [0.1, 0.15) is 20.8 Å². The van der Waals surface area contributed by atoms with E-state index in [4.69, 9.17) is 5.11 Å². The van der Waals surface area contributed by atoms with Crippen molar-refractivity contribution in [2.45, 2.75) is 31.7 Å². The number of anilines is 1. The van der Waals surface area contributed by atoms with Crippen LogP contribution in [0.15, 0.2) is 27.6 Å². The van der Waals surface area contributed by atoms with Gasteiger partial charge in [-0.15, -0.1) is 0 Å². The van der Waals surface area contributed by atoms with Crippen molar-refractivity contribution in [1.82, 2.24) is 4.31 Å². The van der Waals surface area contributed by atoms with Crippen molar-refractivity contribution in [3.8, 4) is 0 Å². The first-order valence-electron chi connectivity index (χ1n) is 6.36. The highest BCUT2D eigenvalue weighted by Gasteiger charge is 2.29. The predicted molar refractivity (Wildman–Crippen MR) is 85.1 cm³/mol. The Kier molecular flexibility index (Phi) is 6.09. The number of nitrogens with zero attached hydrogens (tertiary/aromatic N) is 1. The second-order valence-corrected chi connectivity index (χ2v) is 7.61. The number of nitrogens with one attached hydrogen (secondary N) is 1. The van der Waals surface area contributed by atoms with Gasteiger partial charge in [0.05, 0.1) is 10.6 Å². The van der Waals surface area contributed by atoms with Gasteiger partial charge < -0.3 is 10.4 Å². The van der Waals surface area contributed by atoms with Crippen LogP contribution in [0, 0.1) is 0 Å². The average molecular weight is 393 g/mol. The summed E-state index contributed by atoms with van der Waals surface area (Å²) < 4.78 is 26.4. The first-order chi connectivity index (χ1) is 10.1. The van der Waals surface area contributed by atoms with Gasteiger partial charge in [0.25, 0.3) is 0 Å². The van der Waals surface area contributed by atoms with E-state index in [2.05, 4.69) is 21.2 Å². The fourth-order valence-electron chi connectivity index (χ4n) is 1.76. The van der Waals surface area contributed by atoms with Crippen LogP contribution in [0.4, 0.5) is 5.69 Å². The molecule has 0 atom stereocenters. The number of carbonyl (C=O) groups is 2. The Labute approximate surface area is 137 Å². The van der Waals surface area contributed by atoms with Crippen LogP contribution in [-0.2, 0) is 19.6 Å². The second-order valence-electron chi connectivity index (χ2n) is 4.86. The summed E-state index contributed by atoms with van der Waals surface area (Å²) in [6.45, 7) is 3.91. The number of benzene rings is 1. The molecule has 0 radical (unpaired) electrons. The summed E-state index contributed by atoms with van der Waals surface area (Å²) in [5, 5.41) is 11.4. The summed E-state index contributed by atoms with van der Waals surface area (Å²) in [5.41, 5.74) is 0.431. The number of amides is 1. The second kappa shape index (κ2) is 7.21. The maximum absolute atomic E-state index is 12.5. The summed E-state index contributed by atoms with van der Waals surface area (Å²) in [5.74, 6) is -1.52. The van der Waals surface area contributed by atoms with Gasteiger partial charge in [-0.1, -0.05) is 0 Å². The minimum atomic E-state index is -3.95. The highest BCUT2D eigenvalue weighted by molar-refractivity contribution is 9.10. The normalized spacial score (nSPS) is 11.7. The van der Waals surface area contributed by atoms with Crippen LogP contribution in [0.25, 0.3) is 0 Å². The Morgan fingerprint density at radius 3 is 2.36 bits per heavy atom.